The Bertz CT molecular complexity index is 830. The van der Waals surface area contributed by atoms with Gasteiger partial charge in [-0.2, -0.15) is 0 Å². The summed E-state index contributed by atoms with van der Waals surface area (Å²) < 4.78 is 39.0. The second-order valence-electron chi connectivity index (χ2n) is 8.28. The van der Waals surface area contributed by atoms with Gasteiger partial charge in [0.05, 0.1) is 4.90 Å². The highest BCUT2D eigenvalue weighted by atomic mass is 32.2. The Hall–Kier alpha value is -1.87. The number of halogens is 3. The van der Waals surface area contributed by atoms with Crippen molar-refractivity contribution in [2.45, 2.75) is 63.8 Å². The number of benzene rings is 2. The zero-order valence-corrected chi connectivity index (χ0v) is 21.5. The molecule has 2 aromatic carbocycles. The van der Waals surface area contributed by atoms with Crippen LogP contribution in [0.3, 0.4) is 0 Å². The Balaban J connectivity index is 0.000000602. The van der Waals surface area contributed by atoms with Gasteiger partial charge in [0.2, 0.25) is 0 Å². The zero-order chi connectivity index (χ0) is 25.7. The van der Waals surface area contributed by atoms with Gasteiger partial charge < -0.3 is 15.4 Å². The molecule has 8 heteroatoms. The summed E-state index contributed by atoms with van der Waals surface area (Å²) >= 11 is 0.934. The van der Waals surface area contributed by atoms with Crippen molar-refractivity contribution < 1.29 is 18.0 Å². The van der Waals surface area contributed by atoms with Gasteiger partial charge >= 0.3 is 0 Å². The van der Waals surface area contributed by atoms with Crippen molar-refractivity contribution in [3.8, 4) is 0 Å². The third kappa shape index (κ3) is 10.3. The fourth-order valence-electron chi connectivity index (χ4n) is 3.32. The predicted octanol–water partition coefficient (Wildman–Crippen LogP) is 6.04. The third-order valence-electron chi connectivity index (χ3n) is 4.75. The SMILES string of the molecule is CC(C)c1cc(C(F)F)cc(C(C)C)c1CC=O.CN.CN(C)Cc1ccc(SN)c(F)c1. The quantitative estimate of drug-likeness (QED) is 0.352. The number of alkyl halides is 2. The van der Waals surface area contributed by atoms with Crippen LogP contribution < -0.4 is 10.9 Å². The first kappa shape index (κ1) is 31.1. The van der Waals surface area contributed by atoms with E-state index in [-0.39, 0.29) is 23.2 Å². The smallest absolute Gasteiger partial charge is 0.263 e. The molecular formula is C25H38F3N3OS. The normalized spacial score (nSPS) is 10.8. The summed E-state index contributed by atoms with van der Waals surface area (Å²) in [6, 6.07) is 8.20. The van der Waals surface area contributed by atoms with Gasteiger partial charge in [0.1, 0.15) is 12.1 Å². The molecule has 0 aliphatic carbocycles. The van der Waals surface area contributed by atoms with Gasteiger partial charge in [0.15, 0.2) is 0 Å². The van der Waals surface area contributed by atoms with E-state index in [9.17, 15) is 18.0 Å². The maximum Gasteiger partial charge on any atom is 0.263 e. The average Bonchev–Trinajstić information content (AvgIpc) is 2.75. The van der Waals surface area contributed by atoms with Gasteiger partial charge in [-0.1, -0.05) is 33.8 Å². The van der Waals surface area contributed by atoms with Gasteiger partial charge in [-0.05, 0) is 91.4 Å². The van der Waals surface area contributed by atoms with E-state index in [2.05, 4.69) is 5.73 Å². The number of aldehydes is 1. The lowest BCUT2D eigenvalue weighted by atomic mass is 9.85. The summed E-state index contributed by atoms with van der Waals surface area (Å²) in [5.41, 5.74) is 8.16. The van der Waals surface area contributed by atoms with E-state index in [4.69, 9.17) is 5.14 Å². The molecule has 0 spiro atoms. The summed E-state index contributed by atoms with van der Waals surface area (Å²) in [4.78, 5) is 13.3. The van der Waals surface area contributed by atoms with Crippen LogP contribution in [-0.4, -0.2) is 32.3 Å². The summed E-state index contributed by atoms with van der Waals surface area (Å²) in [5.74, 6) is 0.0270. The maximum absolute atomic E-state index is 13.2. The van der Waals surface area contributed by atoms with Crippen LogP contribution >= 0.6 is 11.9 Å². The fraction of sp³-hybridized carbons (Fsp3) is 0.480. The first-order valence-corrected chi connectivity index (χ1v) is 11.7. The molecule has 4 N–H and O–H groups in total. The molecule has 0 saturated carbocycles. The van der Waals surface area contributed by atoms with Crippen molar-refractivity contribution >= 4 is 18.2 Å². The molecule has 0 bridgehead atoms. The Morgan fingerprint density at radius 3 is 1.85 bits per heavy atom. The number of carbonyl (C=O) groups excluding carboxylic acids is 1. The summed E-state index contributed by atoms with van der Waals surface area (Å²) in [6.07, 6.45) is -1.33. The third-order valence-corrected chi connectivity index (χ3v) is 5.33. The van der Waals surface area contributed by atoms with Crippen molar-refractivity contribution in [1.82, 2.24) is 4.90 Å². The van der Waals surface area contributed by atoms with Gasteiger partial charge in [-0.15, -0.1) is 0 Å². The van der Waals surface area contributed by atoms with Crippen LogP contribution in [0.5, 0.6) is 0 Å². The monoisotopic (exact) mass is 485 g/mol. The number of carbonyl (C=O) groups is 1. The van der Waals surface area contributed by atoms with Gasteiger partial charge in [-0.25, -0.2) is 13.2 Å². The minimum atomic E-state index is -2.47. The van der Waals surface area contributed by atoms with Crippen LogP contribution in [0.1, 0.15) is 73.8 Å². The van der Waals surface area contributed by atoms with E-state index in [0.717, 1.165) is 47.0 Å². The number of nitrogens with zero attached hydrogens (tertiary/aromatic N) is 1. The molecule has 0 radical (unpaired) electrons. The average molecular weight is 486 g/mol. The molecule has 0 atom stereocenters. The maximum atomic E-state index is 13.2. The molecule has 0 aliphatic rings. The van der Waals surface area contributed by atoms with Crippen LogP contribution in [0.2, 0.25) is 0 Å². The fourth-order valence-corrected chi connectivity index (χ4v) is 3.64. The Kier molecular flexibility index (Phi) is 15.0. The van der Waals surface area contributed by atoms with Crippen LogP contribution in [-0.2, 0) is 17.8 Å². The highest BCUT2D eigenvalue weighted by Crippen LogP contribution is 2.33. The summed E-state index contributed by atoms with van der Waals surface area (Å²) in [7, 11) is 5.40. The van der Waals surface area contributed by atoms with E-state index in [1.54, 1.807) is 18.2 Å². The molecule has 0 heterocycles. The van der Waals surface area contributed by atoms with E-state index < -0.39 is 6.43 Å². The largest absolute Gasteiger partial charge is 0.333 e. The lowest BCUT2D eigenvalue weighted by Gasteiger charge is -2.20. The topological polar surface area (TPSA) is 72.4 Å². The van der Waals surface area contributed by atoms with Crippen molar-refractivity contribution in [2.24, 2.45) is 10.9 Å². The van der Waals surface area contributed by atoms with E-state index in [0.29, 0.717) is 11.3 Å². The number of hydrogen-bond acceptors (Lipinski definition) is 5. The molecule has 0 aromatic heterocycles. The molecule has 4 nitrogen and oxygen atoms in total. The van der Waals surface area contributed by atoms with Crippen LogP contribution in [0, 0.1) is 5.82 Å². The molecule has 2 aromatic rings. The second kappa shape index (κ2) is 15.9. The number of hydrogen-bond donors (Lipinski definition) is 2. The number of rotatable bonds is 8. The van der Waals surface area contributed by atoms with E-state index >= 15 is 0 Å². The molecule has 0 unspecified atom stereocenters. The summed E-state index contributed by atoms with van der Waals surface area (Å²) in [5, 5.41) is 5.27. The number of nitrogens with two attached hydrogens (primary N) is 2. The molecule has 2 rings (SSSR count). The van der Waals surface area contributed by atoms with Crippen molar-refractivity contribution in [3.63, 3.8) is 0 Å². The summed E-state index contributed by atoms with van der Waals surface area (Å²) in [6.45, 7) is 8.59. The standard InChI is InChI=1S/C15H20F2O.C9H13FN2S.CH5N/c1-9(2)13-7-11(15(16)17)8-14(10(3)4)12(13)5-6-18;1-12(2)6-7-3-4-9(13-11)8(10)5-7;1-2/h6-10,15H,5H2,1-4H3;3-5H,6,11H2,1-2H3;2H2,1H3. The first-order valence-electron chi connectivity index (χ1n) is 10.8. The minimum absolute atomic E-state index is 0.0528. The highest BCUT2D eigenvalue weighted by molar-refractivity contribution is 7.97. The first-order chi connectivity index (χ1) is 15.5. The molecule has 33 heavy (non-hydrogen) atoms. The lowest BCUT2D eigenvalue weighted by Crippen LogP contribution is -2.10. The Labute approximate surface area is 201 Å². The Morgan fingerprint density at radius 1 is 1.00 bits per heavy atom. The van der Waals surface area contributed by atoms with Crippen LogP contribution in [0.15, 0.2) is 35.2 Å². The minimum Gasteiger partial charge on any atom is -0.333 e. The molecular weight excluding hydrogens is 447 g/mol. The van der Waals surface area contributed by atoms with E-state index in [1.807, 2.05) is 52.8 Å². The zero-order valence-electron chi connectivity index (χ0n) is 20.7. The molecule has 0 aliphatic heterocycles. The van der Waals surface area contributed by atoms with E-state index in [1.165, 1.54) is 13.1 Å². The van der Waals surface area contributed by atoms with Crippen molar-refractivity contribution in [1.29, 1.82) is 0 Å². The molecule has 0 amide bonds. The Morgan fingerprint density at radius 2 is 1.52 bits per heavy atom. The predicted molar refractivity (Wildman–Crippen MR) is 133 cm³/mol. The highest BCUT2D eigenvalue weighted by Gasteiger charge is 2.18. The molecule has 0 fully saturated rings. The van der Waals surface area contributed by atoms with Crippen LogP contribution in [0.25, 0.3) is 0 Å². The van der Waals surface area contributed by atoms with Gasteiger partial charge in [-0.3, -0.25) is 5.14 Å². The van der Waals surface area contributed by atoms with Gasteiger partial charge in [0.25, 0.3) is 6.43 Å². The molecule has 0 saturated heterocycles. The van der Waals surface area contributed by atoms with Crippen LogP contribution in [0.4, 0.5) is 13.2 Å². The lowest BCUT2D eigenvalue weighted by molar-refractivity contribution is -0.107. The van der Waals surface area contributed by atoms with Crippen molar-refractivity contribution in [2.75, 3.05) is 21.1 Å². The van der Waals surface area contributed by atoms with Gasteiger partial charge in [0, 0.05) is 18.5 Å². The molecule has 186 valence electrons. The van der Waals surface area contributed by atoms with Crippen molar-refractivity contribution in [3.05, 3.63) is 64.0 Å². The second-order valence-corrected chi connectivity index (χ2v) is 8.95.